The summed E-state index contributed by atoms with van der Waals surface area (Å²) in [6.45, 7) is 4.00. The Hall–Kier alpha value is -0.340. The van der Waals surface area contributed by atoms with Gasteiger partial charge in [0.2, 0.25) is 0 Å². The van der Waals surface area contributed by atoms with Crippen molar-refractivity contribution < 1.29 is 0 Å². The molecule has 2 heteroatoms. The van der Waals surface area contributed by atoms with Crippen LogP contribution < -0.4 is 0 Å². The van der Waals surface area contributed by atoms with Crippen molar-refractivity contribution in [3.8, 4) is 0 Å². The number of benzene rings is 2. The van der Waals surface area contributed by atoms with Crippen LogP contribution in [0, 0.1) is 0 Å². The topological polar surface area (TPSA) is 0 Å². The molecule has 0 radical (unpaired) electrons. The van der Waals surface area contributed by atoms with E-state index in [1.165, 1.54) is 10.8 Å². The highest BCUT2D eigenvalue weighted by Gasteiger charge is 1.99. The number of hydrogen-bond acceptors (Lipinski definition) is 0. The molecule has 0 amide bonds. The van der Waals surface area contributed by atoms with Crippen molar-refractivity contribution in [2.75, 3.05) is 0 Å². The van der Waals surface area contributed by atoms with E-state index in [9.17, 15) is 0 Å². The van der Waals surface area contributed by atoms with Gasteiger partial charge < -0.3 is 0 Å². The lowest BCUT2D eigenvalue weighted by molar-refractivity contribution is 1.50. The van der Waals surface area contributed by atoms with Crippen LogP contribution in [0.4, 0.5) is 0 Å². The molecule has 0 atom stereocenters. The first kappa shape index (κ1) is 11.7. The third kappa shape index (κ3) is 2.37. The zero-order valence-corrected chi connectivity index (χ0v) is 11.4. The van der Waals surface area contributed by atoms with E-state index >= 15 is 0 Å². The summed E-state index contributed by atoms with van der Waals surface area (Å²) in [4.78, 5) is 0. The second-order valence-electron chi connectivity index (χ2n) is 2.57. The smallest absolute Gasteiger partial charge is 0.0254 e. The zero-order chi connectivity index (χ0) is 10.6. The molecule has 0 aliphatic rings. The molecular weight excluding hydrogens is 304 g/mol. The summed E-state index contributed by atoms with van der Waals surface area (Å²) in [5.74, 6) is 0. The van der Waals surface area contributed by atoms with Gasteiger partial charge in [0.05, 0.1) is 0 Å². The van der Waals surface area contributed by atoms with Crippen LogP contribution >= 0.6 is 31.9 Å². The number of hydrogen-bond donors (Lipinski definition) is 0. The normalized spacial score (nSPS) is 9.43. The standard InChI is InChI=1S/C10H6Br2.C2H6/c11-9-5-6-10(12)8-4-2-1-3-7(8)9;1-2/h1-6H;1-2H3. The summed E-state index contributed by atoms with van der Waals surface area (Å²) in [5, 5.41) is 2.48. The molecule has 0 aliphatic carbocycles. The molecule has 0 nitrogen and oxygen atoms in total. The Morgan fingerprint density at radius 3 is 1.43 bits per heavy atom. The molecule has 0 saturated carbocycles. The van der Waals surface area contributed by atoms with Crippen molar-refractivity contribution in [2.24, 2.45) is 0 Å². The summed E-state index contributed by atoms with van der Waals surface area (Å²) in [6.07, 6.45) is 0. The Morgan fingerprint density at radius 2 is 1.07 bits per heavy atom. The lowest BCUT2D eigenvalue weighted by atomic mass is 10.1. The molecule has 0 aromatic heterocycles. The monoisotopic (exact) mass is 314 g/mol. The molecule has 0 heterocycles. The molecule has 0 unspecified atom stereocenters. The second-order valence-corrected chi connectivity index (χ2v) is 4.28. The number of halogens is 2. The summed E-state index contributed by atoms with van der Waals surface area (Å²) < 4.78 is 2.28. The number of rotatable bonds is 0. The van der Waals surface area contributed by atoms with Gasteiger partial charge in [-0.2, -0.15) is 0 Å². The van der Waals surface area contributed by atoms with E-state index in [-0.39, 0.29) is 0 Å². The third-order valence-corrected chi connectivity index (χ3v) is 3.20. The summed E-state index contributed by atoms with van der Waals surface area (Å²) in [7, 11) is 0. The van der Waals surface area contributed by atoms with E-state index in [0.29, 0.717) is 0 Å². The fourth-order valence-electron chi connectivity index (χ4n) is 1.23. The minimum atomic E-state index is 1.14. The average Bonchev–Trinajstić information content (AvgIpc) is 2.27. The van der Waals surface area contributed by atoms with Gasteiger partial charge in [0, 0.05) is 8.95 Å². The van der Waals surface area contributed by atoms with Gasteiger partial charge in [0.25, 0.3) is 0 Å². The van der Waals surface area contributed by atoms with Crippen LogP contribution in [0.15, 0.2) is 45.3 Å². The highest BCUT2D eigenvalue weighted by molar-refractivity contribution is 9.11. The summed E-state index contributed by atoms with van der Waals surface area (Å²) >= 11 is 7.02. The highest BCUT2D eigenvalue weighted by Crippen LogP contribution is 2.29. The van der Waals surface area contributed by atoms with Crippen LogP contribution in [0.3, 0.4) is 0 Å². The minimum absolute atomic E-state index is 1.14. The predicted molar refractivity (Wildman–Crippen MR) is 70.7 cm³/mol. The Morgan fingerprint density at radius 1 is 0.714 bits per heavy atom. The van der Waals surface area contributed by atoms with Gasteiger partial charge in [-0.15, -0.1) is 0 Å². The van der Waals surface area contributed by atoms with Crippen LogP contribution in [0.25, 0.3) is 10.8 Å². The first-order valence-corrected chi connectivity index (χ1v) is 6.20. The molecule has 0 N–H and O–H groups in total. The molecule has 2 aromatic rings. The van der Waals surface area contributed by atoms with Gasteiger partial charge in [0.15, 0.2) is 0 Å². The SMILES string of the molecule is Brc1ccc(Br)c2ccccc12.CC. The first-order valence-electron chi connectivity index (χ1n) is 4.62. The molecule has 0 aliphatic heterocycles. The molecule has 0 saturated heterocycles. The van der Waals surface area contributed by atoms with Crippen LogP contribution in [0.2, 0.25) is 0 Å². The molecule has 2 aromatic carbocycles. The van der Waals surface area contributed by atoms with Gasteiger partial charge in [-0.3, -0.25) is 0 Å². The van der Waals surface area contributed by atoms with Crippen molar-refractivity contribution in [3.63, 3.8) is 0 Å². The Bertz CT molecular complexity index is 381. The van der Waals surface area contributed by atoms with Crippen molar-refractivity contribution in [1.29, 1.82) is 0 Å². The quantitative estimate of drug-likeness (QED) is 0.611. The fourth-order valence-corrected chi connectivity index (χ4v) is 2.18. The predicted octanol–water partition coefficient (Wildman–Crippen LogP) is 5.39. The van der Waals surface area contributed by atoms with Crippen molar-refractivity contribution in [3.05, 3.63) is 45.3 Å². The maximum absolute atomic E-state index is 3.51. The first-order chi connectivity index (χ1) is 6.79. The largest absolute Gasteiger partial charge is 0.0683 e. The molecule has 0 fully saturated rings. The number of fused-ring (bicyclic) bond motifs is 1. The average molecular weight is 316 g/mol. The lowest BCUT2D eigenvalue weighted by Gasteiger charge is -2.01. The van der Waals surface area contributed by atoms with E-state index in [1.807, 2.05) is 38.1 Å². The van der Waals surface area contributed by atoms with Crippen molar-refractivity contribution in [2.45, 2.75) is 13.8 Å². The molecule has 0 spiro atoms. The maximum atomic E-state index is 3.51. The van der Waals surface area contributed by atoms with Gasteiger partial charge >= 0.3 is 0 Å². The van der Waals surface area contributed by atoms with Crippen LogP contribution in [0.5, 0.6) is 0 Å². The van der Waals surface area contributed by atoms with Gasteiger partial charge in [-0.25, -0.2) is 0 Å². The molecule has 0 bridgehead atoms. The van der Waals surface area contributed by atoms with Crippen molar-refractivity contribution >= 4 is 42.6 Å². The third-order valence-electron chi connectivity index (χ3n) is 1.82. The van der Waals surface area contributed by atoms with E-state index in [4.69, 9.17) is 0 Å². The second kappa shape index (κ2) is 5.52. The highest BCUT2D eigenvalue weighted by atomic mass is 79.9. The molecule has 2 rings (SSSR count). The summed E-state index contributed by atoms with van der Waals surface area (Å²) in [5.41, 5.74) is 0. The molecule has 74 valence electrons. The maximum Gasteiger partial charge on any atom is 0.0254 e. The zero-order valence-electron chi connectivity index (χ0n) is 8.22. The summed E-state index contributed by atoms with van der Waals surface area (Å²) in [6, 6.07) is 12.4. The van der Waals surface area contributed by atoms with Crippen LogP contribution in [-0.2, 0) is 0 Å². The van der Waals surface area contributed by atoms with Crippen LogP contribution in [-0.4, -0.2) is 0 Å². The minimum Gasteiger partial charge on any atom is -0.0683 e. The van der Waals surface area contributed by atoms with E-state index < -0.39 is 0 Å². The van der Waals surface area contributed by atoms with Gasteiger partial charge in [-0.05, 0) is 22.9 Å². The molecule has 14 heavy (non-hydrogen) atoms. The Balaban J connectivity index is 0.000000461. The van der Waals surface area contributed by atoms with E-state index in [2.05, 4.69) is 44.0 Å². The van der Waals surface area contributed by atoms with Gasteiger partial charge in [-0.1, -0.05) is 70.0 Å². The fraction of sp³-hybridized carbons (Fsp3) is 0.167. The van der Waals surface area contributed by atoms with Gasteiger partial charge in [0.1, 0.15) is 0 Å². The molecular formula is C12H12Br2. The Labute approximate surface area is 102 Å². The van der Waals surface area contributed by atoms with E-state index in [1.54, 1.807) is 0 Å². The lowest BCUT2D eigenvalue weighted by Crippen LogP contribution is -1.74. The van der Waals surface area contributed by atoms with Crippen molar-refractivity contribution in [1.82, 2.24) is 0 Å². The Kier molecular flexibility index (Phi) is 4.63. The van der Waals surface area contributed by atoms with E-state index in [0.717, 1.165) is 8.95 Å². The van der Waals surface area contributed by atoms with Crippen LogP contribution in [0.1, 0.15) is 13.8 Å².